The summed E-state index contributed by atoms with van der Waals surface area (Å²) in [5.41, 5.74) is 1.89. The number of amides is 1. The fourth-order valence-electron chi connectivity index (χ4n) is 10.3. The van der Waals surface area contributed by atoms with Crippen molar-refractivity contribution in [1.29, 1.82) is 0 Å². The Hall–Kier alpha value is -1.76. The van der Waals surface area contributed by atoms with Crippen molar-refractivity contribution in [2.24, 2.45) is 33.0 Å². The second kappa shape index (κ2) is 8.87. The molecule has 1 aliphatic heterocycles. The molecule has 6 aliphatic rings. The zero-order chi connectivity index (χ0) is 28.9. The van der Waals surface area contributed by atoms with Crippen molar-refractivity contribution in [3.8, 4) is 0 Å². The molecule has 0 unspecified atom stereocenters. The van der Waals surface area contributed by atoms with E-state index in [0.717, 1.165) is 56.1 Å². The third-order valence-electron chi connectivity index (χ3n) is 13.5. The topological polar surface area (TPSA) is 76.1 Å². The summed E-state index contributed by atoms with van der Waals surface area (Å²) in [5.74, 6) is 0.492. The molecule has 0 bridgehead atoms. The van der Waals surface area contributed by atoms with Crippen LogP contribution in [0, 0.1) is 33.0 Å². The van der Waals surface area contributed by atoms with Gasteiger partial charge in [-0.05, 0) is 91.3 Å². The standard InChI is InChI=1S/C34H49NO5/c1-29-10-11-30(2,28(38)35-16-18-40-19-17-35)21-26(29)33(5)15-13-31(3)23-20-24(36)27(37)34(6,39-7)22(23)8-9-25(31)32(33,4)14-12-29/h8-9,20,26-27,37H,10-19,21H2,1-7H3/t26-,27+,29-,30-,31+,32-,33+,34+/m1/s1. The van der Waals surface area contributed by atoms with Gasteiger partial charge in [-0.2, -0.15) is 0 Å². The van der Waals surface area contributed by atoms with Crippen LogP contribution in [0.3, 0.4) is 0 Å². The Morgan fingerprint density at radius 2 is 1.62 bits per heavy atom. The maximum atomic E-state index is 14.0. The van der Waals surface area contributed by atoms with Crippen LogP contribution in [-0.2, 0) is 19.1 Å². The van der Waals surface area contributed by atoms with Gasteiger partial charge in [-0.1, -0.05) is 52.3 Å². The number of ether oxygens (including phenoxy) is 2. The number of hydrogen-bond acceptors (Lipinski definition) is 5. The molecule has 6 heteroatoms. The van der Waals surface area contributed by atoms with Crippen molar-refractivity contribution < 1.29 is 24.2 Å². The van der Waals surface area contributed by atoms with Gasteiger partial charge in [0.25, 0.3) is 0 Å². The van der Waals surface area contributed by atoms with Crippen LogP contribution in [0.4, 0.5) is 0 Å². The molecule has 6 rings (SSSR count). The molecule has 0 radical (unpaired) electrons. The summed E-state index contributed by atoms with van der Waals surface area (Å²) in [6.07, 6.45) is 12.2. The molecule has 3 saturated carbocycles. The second-order valence-electron chi connectivity index (χ2n) is 15.3. The average molecular weight is 552 g/mol. The highest BCUT2D eigenvalue weighted by molar-refractivity contribution is 5.99. The van der Waals surface area contributed by atoms with Gasteiger partial charge in [0.05, 0.1) is 13.2 Å². The van der Waals surface area contributed by atoms with E-state index < -0.39 is 11.7 Å². The van der Waals surface area contributed by atoms with Gasteiger partial charge in [-0.15, -0.1) is 0 Å². The van der Waals surface area contributed by atoms with E-state index in [1.54, 1.807) is 13.2 Å². The van der Waals surface area contributed by atoms with Crippen molar-refractivity contribution in [2.75, 3.05) is 33.4 Å². The molecule has 4 fully saturated rings. The average Bonchev–Trinajstić information content (AvgIpc) is 2.94. The largest absolute Gasteiger partial charge is 0.382 e. The van der Waals surface area contributed by atoms with Crippen molar-refractivity contribution in [2.45, 2.75) is 98.2 Å². The number of aliphatic hydroxyl groups is 1. The summed E-state index contributed by atoms with van der Waals surface area (Å²) in [6.45, 7) is 16.5. The van der Waals surface area contributed by atoms with Crippen LogP contribution >= 0.6 is 0 Å². The summed E-state index contributed by atoms with van der Waals surface area (Å²) < 4.78 is 11.4. The lowest BCUT2D eigenvalue weighted by Crippen LogP contribution is -2.63. The molecular formula is C34H49NO5. The van der Waals surface area contributed by atoms with Gasteiger partial charge >= 0.3 is 0 Å². The normalized spacial score (nSPS) is 48.5. The Morgan fingerprint density at radius 1 is 0.950 bits per heavy atom. The Morgan fingerprint density at radius 3 is 2.30 bits per heavy atom. The van der Waals surface area contributed by atoms with E-state index in [4.69, 9.17) is 9.47 Å². The summed E-state index contributed by atoms with van der Waals surface area (Å²) in [4.78, 5) is 29.1. The van der Waals surface area contributed by atoms with Crippen molar-refractivity contribution >= 4 is 11.7 Å². The van der Waals surface area contributed by atoms with Crippen LogP contribution in [-0.4, -0.2) is 66.8 Å². The lowest BCUT2D eigenvalue weighted by molar-refractivity contribution is -0.176. The van der Waals surface area contributed by atoms with Gasteiger partial charge in [0.15, 0.2) is 5.78 Å². The van der Waals surface area contributed by atoms with E-state index >= 15 is 0 Å². The lowest BCUT2D eigenvalue weighted by atomic mass is 9.34. The molecule has 0 aromatic heterocycles. The van der Waals surface area contributed by atoms with Gasteiger partial charge in [0, 0.05) is 31.0 Å². The van der Waals surface area contributed by atoms with Crippen molar-refractivity contribution in [3.05, 3.63) is 34.9 Å². The number of nitrogens with zero attached hydrogens (tertiary/aromatic N) is 1. The summed E-state index contributed by atoms with van der Waals surface area (Å²) in [6, 6.07) is 0. The predicted molar refractivity (Wildman–Crippen MR) is 154 cm³/mol. The minimum atomic E-state index is -1.20. The van der Waals surface area contributed by atoms with Crippen LogP contribution in [0.2, 0.25) is 0 Å². The number of carbonyl (C=O) groups excluding carboxylic acids is 2. The van der Waals surface area contributed by atoms with Gasteiger partial charge in [-0.25, -0.2) is 0 Å². The van der Waals surface area contributed by atoms with E-state index in [-0.39, 0.29) is 32.9 Å². The van der Waals surface area contributed by atoms with Crippen LogP contribution in [0.15, 0.2) is 34.9 Å². The van der Waals surface area contributed by atoms with Crippen LogP contribution in [0.5, 0.6) is 0 Å². The molecule has 1 saturated heterocycles. The van der Waals surface area contributed by atoms with Crippen LogP contribution in [0.25, 0.3) is 0 Å². The number of fused-ring (bicyclic) bond motifs is 7. The maximum Gasteiger partial charge on any atom is 0.228 e. The fraction of sp³-hybridized carbons (Fsp3) is 0.765. The minimum Gasteiger partial charge on any atom is -0.382 e. The molecule has 5 aliphatic carbocycles. The maximum absolute atomic E-state index is 14.0. The molecule has 40 heavy (non-hydrogen) atoms. The highest BCUT2D eigenvalue weighted by Crippen LogP contribution is 2.75. The lowest BCUT2D eigenvalue weighted by Gasteiger charge is -2.70. The molecular weight excluding hydrogens is 502 g/mol. The highest BCUT2D eigenvalue weighted by atomic mass is 16.5. The Balaban J connectivity index is 1.41. The first-order chi connectivity index (χ1) is 18.7. The number of methoxy groups -OCH3 is 1. The summed E-state index contributed by atoms with van der Waals surface area (Å²) in [7, 11) is 1.58. The zero-order valence-corrected chi connectivity index (χ0v) is 25.7. The predicted octanol–water partition coefficient (Wildman–Crippen LogP) is 5.41. The first-order valence-corrected chi connectivity index (χ1v) is 15.5. The third kappa shape index (κ3) is 3.51. The molecule has 0 aromatic carbocycles. The first kappa shape index (κ1) is 28.4. The van der Waals surface area contributed by atoms with Gasteiger partial charge in [0.1, 0.15) is 11.7 Å². The minimum absolute atomic E-state index is 0.0347. The molecule has 0 spiro atoms. The third-order valence-corrected chi connectivity index (χ3v) is 13.5. The fourth-order valence-corrected chi connectivity index (χ4v) is 10.3. The Bertz CT molecular complexity index is 1230. The van der Waals surface area contributed by atoms with Crippen LogP contribution in [0.1, 0.15) is 86.5 Å². The molecule has 6 nitrogen and oxygen atoms in total. The Kier molecular flexibility index (Phi) is 6.29. The second-order valence-corrected chi connectivity index (χ2v) is 15.3. The number of morpholine rings is 1. The Labute approximate surface area is 240 Å². The number of aliphatic hydroxyl groups excluding tert-OH is 1. The van der Waals surface area contributed by atoms with Crippen molar-refractivity contribution in [1.82, 2.24) is 4.90 Å². The number of allylic oxidation sites excluding steroid dienone is 3. The number of carbonyl (C=O) groups is 2. The van der Waals surface area contributed by atoms with Crippen LogP contribution < -0.4 is 0 Å². The van der Waals surface area contributed by atoms with Gasteiger partial charge in [0.2, 0.25) is 5.91 Å². The van der Waals surface area contributed by atoms with E-state index in [0.29, 0.717) is 38.1 Å². The van der Waals surface area contributed by atoms with Gasteiger partial charge in [-0.3, -0.25) is 9.59 Å². The van der Waals surface area contributed by atoms with Crippen molar-refractivity contribution in [3.63, 3.8) is 0 Å². The highest BCUT2D eigenvalue weighted by Gasteiger charge is 2.68. The summed E-state index contributed by atoms with van der Waals surface area (Å²) >= 11 is 0. The van der Waals surface area contributed by atoms with E-state index in [1.807, 2.05) is 6.92 Å². The van der Waals surface area contributed by atoms with E-state index in [9.17, 15) is 14.7 Å². The van der Waals surface area contributed by atoms with Gasteiger partial charge < -0.3 is 19.5 Å². The molecule has 1 heterocycles. The monoisotopic (exact) mass is 551 g/mol. The zero-order valence-electron chi connectivity index (χ0n) is 25.7. The van der Waals surface area contributed by atoms with E-state index in [2.05, 4.69) is 51.7 Å². The molecule has 0 aromatic rings. The molecule has 220 valence electrons. The quantitative estimate of drug-likeness (QED) is 0.497. The number of rotatable bonds is 2. The SMILES string of the molecule is CO[C@@]1(C)C2=CC=C3[C@@](C)(CC[C@@]4(C)[C@@H]5C[C@](C)(C(=O)N6CCOCC6)CC[C@]5(C)CC[C@]34C)C2=CC(=O)[C@@H]1O. The van der Waals surface area contributed by atoms with E-state index in [1.165, 1.54) is 5.57 Å². The first-order valence-electron chi connectivity index (χ1n) is 15.5. The molecule has 1 N–H and O–H groups in total. The summed E-state index contributed by atoms with van der Waals surface area (Å²) in [5, 5.41) is 10.8. The number of hydrogen-bond donors (Lipinski definition) is 1. The molecule has 8 atom stereocenters. The molecule has 1 amide bonds. The number of ketones is 1. The smallest absolute Gasteiger partial charge is 0.228 e.